The molecule has 0 atom stereocenters. The number of nitrogens with zero attached hydrogens (tertiary/aromatic N) is 2. The van der Waals surface area contributed by atoms with E-state index in [4.69, 9.17) is 16.1 Å². The van der Waals surface area contributed by atoms with E-state index in [9.17, 15) is 8.42 Å². The Kier molecular flexibility index (Phi) is 5.70. The molecule has 3 rings (SSSR count). The van der Waals surface area contributed by atoms with E-state index in [1.165, 1.54) is 0 Å². The lowest BCUT2D eigenvalue weighted by Crippen LogP contribution is -2.26. The summed E-state index contributed by atoms with van der Waals surface area (Å²) in [4.78, 5) is 4.49. The fourth-order valence-corrected chi connectivity index (χ4v) is 3.64. The molecule has 2 aromatic carbocycles. The molecule has 3 aromatic rings. The molecule has 6 nitrogen and oxygen atoms in total. The lowest BCUT2D eigenvalue weighted by molar-refractivity contribution is 0.379. The van der Waals surface area contributed by atoms with Crippen molar-refractivity contribution in [1.82, 2.24) is 14.9 Å². The van der Waals surface area contributed by atoms with Crippen molar-refractivity contribution < 1.29 is 12.9 Å². The zero-order valence-corrected chi connectivity index (χ0v) is 15.7. The third-order valence-electron chi connectivity index (χ3n) is 3.86. The average Bonchev–Trinajstić information content (AvgIpc) is 3.10. The van der Waals surface area contributed by atoms with Gasteiger partial charge in [-0.2, -0.15) is 4.98 Å². The van der Waals surface area contributed by atoms with Gasteiger partial charge in [-0.15, -0.1) is 0 Å². The van der Waals surface area contributed by atoms with Gasteiger partial charge in [0.15, 0.2) is 0 Å². The van der Waals surface area contributed by atoms with Crippen molar-refractivity contribution >= 4 is 21.6 Å². The first-order chi connectivity index (χ1) is 12.5. The molecule has 0 aliphatic rings. The molecule has 0 bridgehead atoms. The Balaban J connectivity index is 1.62. The predicted octanol–water partition coefficient (Wildman–Crippen LogP) is 3.47. The molecular weight excluding hydrogens is 374 g/mol. The van der Waals surface area contributed by atoms with Crippen molar-refractivity contribution in [2.75, 3.05) is 6.54 Å². The summed E-state index contributed by atoms with van der Waals surface area (Å²) in [5, 5.41) is 4.42. The van der Waals surface area contributed by atoms with Gasteiger partial charge in [0.25, 0.3) is 0 Å². The zero-order valence-electron chi connectivity index (χ0n) is 14.1. The van der Waals surface area contributed by atoms with Gasteiger partial charge < -0.3 is 4.52 Å². The molecule has 0 fully saturated rings. The van der Waals surface area contributed by atoms with E-state index >= 15 is 0 Å². The summed E-state index contributed by atoms with van der Waals surface area (Å²) in [7, 11) is -3.57. The van der Waals surface area contributed by atoms with Gasteiger partial charge >= 0.3 is 0 Å². The predicted molar refractivity (Wildman–Crippen MR) is 99.5 cm³/mol. The molecule has 0 radical (unpaired) electrons. The van der Waals surface area contributed by atoms with Crippen LogP contribution < -0.4 is 4.72 Å². The molecule has 1 aromatic heterocycles. The maximum Gasteiger partial charge on any atom is 0.240 e. The molecule has 136 valence electrons. The second-order valence-corrected chi connectivity index (χ2v) is 7.81. The van der Waals surface area contributed by atoms with E-state index in [0.29, 0.717) is 22.3 Å². The van der Waals surface area contributed by atoms with Gasteiger partial charge in [-0.05, 0) is 36.2 Å². The number of benzene rings is 2. The number of hydrogen-bond donors (Lipinski definition) is 1. The average molecular weight is 392 g/mol. The third kappa shape index (κ3) is 4.30. The fraction of sp³-hybridized carbons (Fsp3) is 0.222. The largest absolute Gasteiger partial charge is 0.339 e. The number of halogens is 1. The molecule has 26 heavy (non-hydrogen) atoms. The molecule has 0 saturated carbocycles. The Morgan fingerprint density at radius 1 is 1.12 bits per heavy atom. The molecule has 1 N–H and O–H groups in total. The van der Waals surface area contributed by atoms with Crippen molar-refractivity contribution in [3.8, 4) is 11.4 Å². The van der Waals surface area contributed by atoms with E-state index in [1.54, 1.807) is 24.3 Å². The van der Waals surface area contributed by atoms with Gasteiger partial charge in [-0.1, -0.05) is 47.9 Å². The van der Waals surface area contributed by atoms with Crippen LogP contribution >= 0.6 is 11.6 Å². The summed E-state index contributed by atoms with van der Waals surface area (Å²) in [6.07, 6.45) is 1.14. The first-order valence-electron chi connectivity index (χ1n) is 8.15. The van der Waals surface area contributed by atoms with Crippen molar-refractivity contribution in [3.63, 3.8) is 0 Å². The minimum Gasteiger partial charge on any atom is -0.339 e. The number of rotatable bonds is 7. The van der Waals surface area contributed by atoms with Crippen LogP contribution in [0.1, 0.15) is 18.4 Å². The maximum atomic E-state index is 12.3. The monoisotopic (exact) mass is 391 g/mol. The normalized spacial score (nSPS) is 11.6. The highest BCUT2D eigenvalue weighted by Gasteiger charge is 2.15. The summed E-state index contributed by atoms with van der Waals surface area (Å²) >= 11 is 6.11. The van der Waals surface area contributed by atoms with Crippen LogP contribution in [-0.4, -0.2) is 25.1 Å². The minimum absolute atomic E-state index is 0.155. The summed E-state index contributed by atoms with van der Waals surface area (Å²) in [6.45, 7) is 2.17. The van der Waals surface area contributed by atoms with Crippen LogP contribution in [0, 0.1) is 0 Å². The lowest BCUT2D eigenvalue weighted by atomic mass is 10.2. The Labute approximate surface area is 157 Å². The van der Waals surface area contributed by atoms with Crippen LogP contribution in [0.2, 0.25) is 5.02 Å². The summed E-state index contributed by atoms with van der Waals surface area (Å²) < 4.78 is 32.3. The van der Waals surface area contributed by atoms with E-state index in [0.717, 1.165) is 12.0 Å². The van der Waals surface area contributed by atoms with Crippen LogP contribution in [0.3, 0.4) is 0 Å². The van der Waals surface area contributed by atoms with Crippen molar-refractivity contribution in [3.05, 3.63) is 65.0 Å². The first kappa shape index (κ1) is 18.6. The Morgan fingerprint density at radius 2 is 1.85 bits per heavy atom. The number of nitrogens with one attached hydrogen (secondary N) is 1. The molecule has 0 amide bonds. The Morgan fingerprint density at radius 3 is 2.54 bits per heavy atom. The lowest BCUT2D eigenvalue weighted by Gasteiger charge is -2.06. The van der Waals surface area contributed by atoms with E-state index in [2.05, 4.69) is 14.9 Å². The highest BCUT2D eigenvalue weighted by molar-refractivity contribution is 7.89. The van der Waals surface area contributed by atoms with Crippen LogP contribution in [0.15, 0.2) is 57.9 Å². The standard InChI is InChI=1S/C18H18ClN3O3S/c1-2-13-7-9-14(10-8-13)26(23,24)20-12-11-17-21-18(22-25-17)15-5-3-4-6-16(15)19/h3-10,20H,2,11-12H2,1H3. The van der Waals surface area contributed by atoms with Crippen LogP contribution in [0.5, 0.6) is 0 Å². The number of aromatic nitrogens is 2. The number of hydrogen-bond acceptors (Lipinski definition) is 5. The zero-order chi connectivity index (χ0) is 18.6. The first-order valence-corrected chi connectivity index (χ1v) is 10.0. The fourth-order valence-electron chi connectivity index (χ4n) is 2.39. The topological polar surface area (TPSA) is 85.1 Å². The van der Waals surface area contributed by atoms with Crippen molar-refractivity contribution in [2.24, 2.45) is 0 Å². The molecule has 0 aliphatic carbocycles. The molecule has 0 spiro atoms. The van der Waals surface area contributed by atoms with Gasteiger partial charge in [0, 0.05) is 18.5 Å². The third-order valence-corrected chi connectivity index (χ3v) is 5.66. The van der Waals surface area contributed by atoms with Crippen LogP contribution in [0.25, 0.3) is 11.4 Å². The quantitative estimate of drug-likeness (QED) is 0.666. The van der Waals surface area contributed by atoms with Crippen LogP contribution in [0.4, 0.5) is 0 Å². The SMILES string of the molecule is CCc1ccc(S(=O)(=O)NCCc2nc(-c3ccccc3Cl)no2)cc1. The second-order valence-electron chi connectivity index (χ2n) is 5.64. The molecule has 0 unspecified atom stereocenters. The molecule has 0 saturated heterocycles. The van der Waals surface area contributed by atoms with Gasteiger partial charge in [-0.3, -0.25) is 0 Å². The Hall–Kier alpha value is -2.22. The van der Waals surface area contributed by atoms with Crippen molar-refractivity contribution in [2.45, 2.75) is 24.7 Å². The smallest absolute Gasteiger partial charge is 0.240 e. The highest BCUT2D eigenvalue weighted by atomic mass is 35.5. The van der Waals surface area contributed by atoms with Gasteiger partial charge in [0.1, 0.15) is 0 Å². The van der Waals surface area contributed by atoms with E-state index in [1.807, 2.05) is 31.2 Å². The highest BCUT2D eigenvalue weighted by Crippen LogP contribution is 2.24. The van der Waals surface area contributed by atoms with Crippen LogP contribution in [-0.2, 0) is 22.9 Å². The molecule has 0 aliphatic heterocycles. The van der Waals surface area contributed by atoms with E-state index < -0.39 is 10.0 Å². The second kappa shape index (κ2) is 7.99. The van der Waals surface area contributed by atoms with Gasteiger partial charge in [0.2, 0.25) is 21.7 Å². The van der Waals surface area contributed by atoms with Gasteiger partial charge in [0.05, 0.1) is 9.92 Å². The van der Waals surface area contributed by atoms with Gasteiger partial charge in [-0.25, -0.2) is 13.1 Å². The summed E-state index contributed by atoms with van der Waals surface area (Å²) in [5.74, 6) is 0.715. The van der Waals surface area contributed by atoms with Crippen molar-refractivity contribution in [1.29, 1.82) is 0 Å². The summed E-state index contributed by atoms with van der Waals surface area (Å²) in [6, 6.07) is 14.0. The molecular formula is C18H18ClN3O3S. The minimum atomic E-state index is -3.57. The number of sulfonamides is 1. The number of aryl methyl sites for hydroxylation is 1. The Bertz CT molecular complexity index is 985. The summed E-state index contributed by atoms with van der Waals surface area (Å²) in [5.41, 5.74) is 1.75. The maximum absolute atomic E-state index is 12.3. The molecule has 1 heterocycles. The van der Waals surface area contributed by atoms with E-state index in [-0.39, 0.29) is 17.9 Å². The molecule has 8 heteroatoms.